The lowest BCUT2D eigenvalue weighted by Crippen LogP contribution is -2.51. The number of halogens is 1. The lowest BCUT2D eigenvalue weighted by Gasteiger charge is -2.37. The first-order chi connectivity index (χ1) is 12.7. The van der Waals surface area contributed by atoms with Gasteiger partial charge in [0.1, 0.15) is 5.82 Å². The molecule has 6 heteroatoms. The molecule has 4 rings (SSSR count). The van der Waals surface area contributed by atoms with E-state index in [4.69, 9.17) is 0 Å². The molecule has 0 radical (unpaired) electrons. The Morgan fingerprint density at radius 2 is 1.88 bits per heavy atom. The smallest absolute Gasteiger partial charge is 0.236 e. The summed E-state index contributed by atoms with van der Waals surface area (Å²) >= 11 is 1.78. The number of carbonyl (C=O) groups excluding carboxylic acids is 1. The van der Waals surface area contributed by atoms with Crippen LogP contribution in [0.15, 0.2) is 41.8 Å². The first-order valence-electron chi connectivity index (χ1n) is 9.27. The molecule has 138 valence electrons. The highest BCUT2D eigenvalue weighted by atomic mass is 32.1. The Labute approximate surface area is 157 Å². The van der Waals surface area contributed by atoms with Crippen LogP contribution in [0.3, 0.4) is 0 Å². The van der Waals surface area contributed by atoms with E-state index in [1.807, 2.05) is 21.9 Å². The number of amides is 1. The van der Waals surface area contributed by atoms with Crippen LogP contribution < -0.4 is 4.90 Å². The third-order valence-electron chi connectivity index (χ3n) is 5.40. The number of thiophene rings is 1. The highest BCUT2D eigenvalue weighted by Gasteiger charge is 2.30. The zero-order valence-corrected chi connectivity index (χ0v) is 15.6. The number of para-hydroxylation sites is 1. The van der Waals surface area contributed by atoms with E-state index in [1.165, 1.54) is 10.9 Å². The Morgan fingerprint density at radius 3 is 2.62 bits per heavy atom. The number of anilines is 1. The Hall–Kier alpha value is -1.92. The molecular weight excluding hydrogens is 349 g/mol. The molecule has 1 aromatic carbocycles. The van der Waals surface area contributed by atoms with Crippen LogP contribution in [0.5, 0.6) is 0 Å². The van der Waals surface area contributed by atoms with Gasteiger partial charge in [0.05, 0.1) is 12.2 Å². The van der Waals surface area contributed by atoms with E-state index in [-0.39, 0.29) is 11.7 Å². The standard InChI is InChI=1S/C20H24FN3OS/c21-16-5-1-2-6-17(16)22-10-12-23(13-11-22)20(25)15-24-9-3-7-18(24)19-8-4-14-26-19/h1-2,4-6,8,14,18H,3,7,9-13,15H2. The maximum Gasteiger partial charge on any atom is 0.236 e. The van der Waals surface area contributed by atoms with Gasteiger partial charge in [0.15, 0.2) is 0 Å². The number of rotatable bonds is 4. The van der Waals surface area contributed by atoms with Crippen molar-refractivity contribution in [3.8, 4) is 0 Å². The molecule has 1 atom stereocenters. The largest absolute Gasteiger partial charge is 0.366 e. The predicted octanol–water partition coefficient (Wildman–Crippen LogP) is 3.37. The van der Waals surface area contributed by atoms with Gasteiger partial charge in [-0.25, -0.2) is 4.39 Å². The summed E-state index contributed by atoms with van der Waals surface area (Å²) in [5.74, 6) is 0.00442. The van der Waals surface area contributed by atoms with Gasteiger partial charge in [-0.3, -0.25) is 9.69 Å². The van der Waals surface area contributed by atoms with Crippen LogP contribution in [0.4, 0.5) is 10.1 Å². The van der Waals surface area contributed by atoms with Gasteiger partial charge in [0.2, 0.25) is 5.91 Å². The maximum atomic E-state index is 14.0. The quantitative estimate of drug-likeness (QED) is 0.822. The molecule has 2 fully saturated rings. The minimum Gasteiger partial charge on any atom is -0.366 e. The second kappa shape index (κ2) is 7.76. The first kappa shape index (κ1) is 17.5. The SMILES string of the molecule is O=C(CN1CCCC1c1cccs1)N1CCN(c2ccccc2F)CC1. The molecule has 4 nitrogen and oxygen atoms in total. The van der Waals surface area contributed by atoms with Crippen LogP contribution in [-0.2, 0) is 4.79 Å². The molecule has 2 aliphatic heterocycles. The highest BCUT2D eigenvalue weighted by molar-refractivity contribution is 7.10. The molecule has 0 N–H and O–H groups in total. The van der Waals surface area contributed by atoms with Gasteiger partial charge >= 0.3 is 0 Å². The molecular formula is C20H24FN3OS. The van der Waals surface area contributed by atoms with Crippen LogP contribution in [0, 0.1) is 5.82 Å². The average Bonchev–Trinajstić information content (AvgIpc) is 3.33. The number of nitrogens with zero attached hydrogens (tertiary/aromatic N) is 3. The fraction of sp³-hybridized carbons (Fsp3) is 0.450. The van der Waals surface area contributed by atoms with Crippen LogP contribution >= 0.6 is 11.3 Å². The fourth-order valence-electron chi connectivity index (χ4n) is 4.00. The van der Waals surface area contributed by atoms with Gasteiger partial charge in [-0.2, -0.15) is 0 Å². The summed E-state index contributed by atoms with van der Waals surface area (Å²) in [5.41, 5.74) is 0.636. The van der Waals surface area contributed by atoms with Gasteiger partial charge in [-0.15, -0.1) is 11.3 Å². The molecule has 2 aliphatic rings. The highest BCUT2D eigenvalue weighted by Crippen LogP contribution is 2.34. The van der Waals surface area contributed by atoms with E-state index in [1.54, 1.807) is 17.4 Å². The van der Waals surface area contributed by atoms with Crippen LogP contribution in [0.25, 0.3) is 0 Å². The summed E-state index contributed by atoms with van der Waals surface area (Å²) in [6.07, 6.45) is 2.28. The topological polar surface area (TPSA) is 26.8 Å². The molecule has 1 unspecified atom stereocenters. The number of likely N-dealkylation sites (tertiary alicyclic amines) is 1. The van der Waals surface area contributed by atoms with Crippen molar-refractivity contribution in [1.82, 2.24) is 9.80 Å². The summed E-state index contributed by atoms with van der Waals surface area (Å²) in [5, 5.41) is 2.11. The van der Waals surface area contributed by atoms with Gasteiger partial charge < -0.3 is 9.80 Å². The van der Waals surface area contributed by atoms with Crippen LogP contribution in [0.2, 0.25) is 0 Å². The van der Waals surface area contributed by atoms with Crippen molar-refractivity contribution in [3.05, 3.63) is 52.5 Å². The Kier molecular flexibility index (Phi) is 5.22. The second-order valence-corrected chi connectivity index (χ2v) is 7.94. The molecule has 2 aromatic rings. The Balaban J connectivity index is 1.33. The summed E-state index contributed by atoms with van der Waals surface area (Å²) in [4.78, 5) is 20.4. The van der Waals surface area contributed by atoms with Crippen molar-refractivity contribution in [2.75, 3.05) is 44.2 Å². The molecule has 1 amide bonds. The molecule has 0 spiro atoms. The minimum absolute atomic E-state index is 0.192. The lowest BCUT2D eigenvalue weighted by atomic mass is 10.2. The molecule has 2 saturated heterocycles. The zero-order chi connectivity index (χ0) is 17.9. The molecule has 0 bridgehead atoms. The number of hydrogen-bond acceptors (Lipinski definition) is 4. The maximum absolute atomic E-state index is 14.0. The first-order valence-corrected chi connectivity index (χ1v) is 10.1. The molecule has 0 aliphatic carbocycles. The van der Waals surface area contributed by atoms with Crippen molar-refractivity contribution >= 4 is 22.9 Å². The summed E-state index contributed by atoms with van der Waals surface area (Å²) in [7, 11) is 0. The third kappa shape index (κ3) is 3.62. The summed E-state index contributed by atoms with van der Waals surface area (Å²) in [6, 6.07) is 11.5. The van der Waals surface area contributed by atoms with Crippen LogP contribution in [-0.4, -0.2) is 55.0 Å². The number of carbonyl (C=O) groups is 1. The summed E-state index contributed by atoms with van der Waals surface area (Å²) < 4.78 is 14.0. The van der Waals surface area contributed by atoms with Crippen LogP contribution in [0.1, 0.15) is 23.8 Å². The summed E-state index contributed by atoms with van der Waals surface area (Å²) in [6.45, 7) is 4.16. The fourth-order valence-corrected chi connectivity index (χ4v) is 4.89. The van der Waals surface area contributed by atoms with E-state index in [0.717, 1.165) is 19.4 Å². The normalized spacial score (nSPS) is 21.3. The van der Waals surface area contributed by atoms with Crippen molar-refractivity contribution in [2.45, 2.75) is 18.9 Å². The van der Waals surface area contributed by atoms with Gasteiger partial charge in [0, 0.05) is 37.1 Å². The van der Waals surface area contributed by atoms with E-state index in [2.05, 4.69) is 22.4 Å². The van der Waals surface area contributed by atoms with E-state index >= 15 is 0 Å². The van der Waals surface area contributed by atoms with Crippen molar-refractivity contribution in [3.63, 3.8) is 0 Å². The number of piperazine rings is 1. The third-order valence-corrected chi connectivity index (χ3v) is 6.37. The van der Waals surface area contributed by atoms with Crippen molar-refractivity contribution in [2.24, 2.45) is 0 Å². The average molecular weight is 373 g/mol. The molecule has 1 aromatic heterocycles. The number of hydrogen-bond donors (Lipinski definition) is 0. The van der Waals surface area contributed by atoms with Crippen molar-refractivity contribution < 1.29 is 9.18 Å². The second-order valence-electron chi connectivity index (χ2n) is 6.96. The zero-order valence-electron chi connectivity index (χ0n) is 14.8. The minimum atomic E-state index is -0.192. The van der Waals surface area contributed by atoms with E-state index in [9.17, 15) is 9.18 Å². The monoisotopic (exact) mass is 373 g/mol. The van der Waals surface area contributed by atoms with E-state index in [0.29, 0.717) is 44.5 Å². The molecule has 26 heavy (non-hydrogen) atoms. The van der Waals surface area contributed by atoms with Gasteiger partial charge in [0.25, 0.3) is 0 Å². The Morgan fingerprint density at radius 1 is 1.08 bits per heavy atom. The van der Waals surface area contributed by atoms with E-state index < -0.39 is 0 Å². The molecule has 3 heterocycles. The predicted molar refractivity (Wildman–Crippen MR) is 103 cm³/mol. The van der Waals surface area contributed by atoms with Crippen molar-refractivity contribution in [1.29, 1.82) is 0 Å². The van der Waals surface area contributed by atoms with Gasteiger partial charge in [-0.1, -0.05) is 18.2 Å². The van der Waals surface area contributed by atoms with Gasteiger partial charge in [-0.05, 0) is 43.0 Å². The number of benzene rings is 1. The lowest BCUT2D eigenvalue weighted by molar-refractivity contribution is -0.133. The Bertz CT molecular complexity index is 743. The molecule has 0 saturated carbocycles.